The van der Waals surface area contributed by atoms with Crippen LogP contribution in [0.5, 0.6) is 5.88 Å². The number of rotatable bonds is 5. The van der Waals surface area contributed by atoms with E-state index < -0.39 is 17.8 Å². The van der Waals surface area contributed by atoms with Gasteiger partial charge in [0.25, 0.3) is 0 Å². The number of urea groups is 1. The van der Waals surface area contributed by atoms with Gasteiger partial charge >= 0.3 is 12.0 Å². The first kappa shape index (κ1) is 22.3. The van der Waals surface area contributed by atoms with Crippen LogP contribution in [0, 0.1) is 0 Å². The Bertz CT molecular complexity index is 1090. The van der Waals surface area contributed by atoms with E-state index in [1.165, 1.54) is 19.5 Å². The van der Waals surface area contributed by atoms with Gasteiger partial charge in [-0.1, -0.05) is 0 Å². The Morgan fingerprint density at radius 3 is 2.82 bits per heavy atom. The first-order chi connectivity index (χ1) is 16.3. The molecule has 12 nitrogen and oxygen atoms in total. The van der Waals surface area contributed by atoms with Gasteiger partial charge in [-0.25, -0.2) is 24.5 Å². The molecule has 12 heteroatoms. The second-order valence-electron chi connectivity index (χ2n) is 8.72. The largest absolute Gasteiger partial charge is 0.474 e. The van der Waals surface area contributed by atoms with Gasteiger partial charge in [0.1, 0.15) is 12.7 Å². The van der Waals surface area contributed by atoms with Crippen LogP contribution in [-0.4, -0.2) is 78.3 Å². The van der Waals surface area contributed by atoms with E-state index in [9.17, 15) is 9.59 Å². The van der Waals surface area contributed by atoms with Crippen LogP contribution in [0.15, 0.2) is 24.5 Å². The molecule has 2 bridgehead atoms. The Morgan fingerprint density at radius 1 is 1.26 bits per heavy atom. The summed E-state index contributed by atoms with van der Waals surface area (Å²) in [5.41, 5.74) is 0.940. The van der Waals surface area contributed by atoms with Gasteiger partial charge in [0.05, 0.1) is 37.8 Å². The number of esters is 1. The van der Waals surface area contributed by atoms with Crippen LogP contribution in [0.3, 0.4) is 0 Å². The average molecular weight is 470 g/mol. The Morgan fingerprint density at radius 2 is 2.12 bits per heavy atom. The maximum absolute atomic E-state index is 13.2. The smallest absolute Gasteiger partial charge is 0.356 e. The lowest BCUT2D eigenvalue weighted by Gasteiger charge is -2.35. The molecule has 1 N–H and O–H groups in total. The fraction of sp³-hybridized carbons (Fsp3) is 0.500. The molecule has 2 fully saturated rings. The lowest BCUT2D eigenvalue weighted by atomic mass is 10.2. The normalized spacial score (nSPS) is 22.3. The van der Waals surface area contributed by atoms with Crippen molar-refractivity contribution >= 4 is 29.3 Å². The third-order valence-corrected chi connectivity index (χ3v) is 5.91. The predicted molar refractivity (Wildman–Crippen MR) is 120 cm³/mol. The van der Waals surface area contributed by atoms with E-state index in [4.69, 9.17) is 18.9 Å². The molecule has 2 saturated heterocycles. The number of amides is 2. The maximum atomic E-state index is 13.2. The molecule has 34 heavy (non-hydrogen) atoms. The molecule has 2 aromatic rings. The van der Waals surface area contributed by atoms with Gasteiger partial charge in [-0.2, -0.15) is 0 Å². The SMILES string of the molecule is COC(=O)c1ccc2c(n1)N(C(=O)Nc1cnc(OC[C@H]3COC(C)(C)O3)cn1)C1CCN2C1. The molecule has 0 spiro atoms. The van der Waals surface area contributed by atoms with E-state index in [1.807, 2.05) is 13.8 Å². The standard InChI is InChI=1S/C22H26N6O6/c1-22(2)33-12-14(34-22)11-32-18-9-23-17(8-24-18)26-21(30)28-13-6-7-27(10-13)16-5-4-15(20(29)31-3)25-19(16)28/h4-5,8-9,13-14H,6-7,10-12H2,1-3H3,(H,23,26,30)/t13?,14-/m0/s1. The van der Waals surface area contributed by atoms with Crippen molar-refractivity contribution in [2.45, 2.75) is 38.2 Å². The topological polar surface area (TPSA) is 128 Å². The third-order valence-electron chi connectivity index (χ3n) is 5.91. The Kier molecular flexibility index (Phi) is 5.70. The first-order valence-corrected chi connectivity index (χ1v) is 11.0. The zero-order valence-corrected chi connectivity index (χ0v) is 19.2. The molecule has 2 atom stereocenters. The van der Waals surface area contributed by atoms with Crippen LogP contribution in [-0.2, 0) is 14.2 Å². The van der Waals surface area contributed by atoms with Gasteiger partial charge in [0.15, 0.2) is 23.1 Å². The quantitative estimate of drug-likeness (QED) is 0.646. The number of aromatic nitrogens is 3. The second-order valence-corrected chi connectivity index (χ2v) is 8.72. The summed E-state index contributed by atoms with van der Waals surface area (Å²) in [6.45, 7) is 5.91. The van der Waals surface area contributed by atoms with Crippen molar-refractivity contribution < 1.29 is 28.5 Å². The summed E-state index contributed by atoms with van der Waals surface area (Å²) < 4.78 is 21.6. The lowest BCUT2D eigenvalue weighted by molar-refractivity contribution is -0.141. The van der Waals surface area contributed by atoms with Crippen LogP contribution in [0.1, 0.15) is 30.8 Å². The number of hydrogen-bond donors (Lipinski definition) is 1. The van der Waals surface area contributed by atoms with Crippen LogP contribution in [0.25, 0.3) is 0 Å². The molecule has 0 saturated carbocycles. The number of anilines is 3. The second kappa shape index (κ2) is 8.69. The molecule has 2 aromatic heterocycles. The minimum absolute atomic E-state index is 0.0682. The zero-order valence-electron chi connectivity index (χ0n) is 19.2. The van der Waals surface area contributed by atoms with E-state index in [0.29, 0.717) is 24.8 Å². The summed E-state index contributed by atoms with van der Waals surface area (Å²) in [4.78, 5) is 41.8. The summed E-state index contributed by atoms with van der Waals surface area (Å²) in [6, 6.07) is 2.93. The molecule has 3 aliphatic heterocycles. The maximum Gasteiger partial charge on any atom is 0.356 e. The molecule has 1 unspecified atom stereocenters. The van der Waals surface area contributed by atoms with Crippen molar-refractivity contribution in [1.82, 2.24) is 15.0 Å². The highest BCUT2D eigenvalue weighted by Crippen LogP contribution is 2.39. The zero-order chi connectivity index (χ0) is 23.9. The van der Waals surface area contributed by atoms with Gasteiger partial charge in [-0.05, 0) is 32.4 Å². The number of methoxy groups -OCH3 is 1. The van der Waals surface area contributed by atoms with Gasteiger partial charge in [0.2, 0.25) is 5.88 Å². The van der Waals surface area contributed by atoms with E-state index in [0.717, 1.165) is 18.7 Å². The Labute approximate surface area is 196 Å². The summed E-state index contributed by atoms with van der Waals surface area (Å²) >= 11 is 0. The van der Waals surface area contributed by atoms with Gasteiger partial charge < -0.3 is 23.8 Å². The molecule has 5 rings (SSSR count). The fourth-order valence-corrected chi connectivity index (χ4v) is 4.34. The van der Waals surface area contributed by atoms with E-state index >= 15 is 0 Å². The third kappa shape index (κ3) is 4.33. The van der Waals surface area contributed by atoms with Crippen molar-refractivity contribution in [2.75, 3.05) is 48.5 Å². The minimum Gasteiger partial charge on any atom is -0.474 e. The Hall–Kier alpha value is -3.51. The highest BCUT2D eigenvalue weighted by molar-refractivity contribution is 6.04. The number of pyridine rings is 1. The predicted octanol–water partition coefficient (Wildman–Crippen LogP) is 1.82. The molecule has 2 amide bonds. The number of ether oxygens (including phenoxy) is 4. The van der Waals surface area contributed by atoms with Crippen molar-refractivity contribution in [3.05, 3.63) is 30.2 Å². The van der Waals surface area contributed by atoms with Gasteiger partial charge in [-0.15, -0.1) is 0 Å². The molecule has 3 aliphatic rings. The number of carbonyl (C=O) groups excluding carboxylic acids is 2. The summed E-state index contributed by atoms with van der Waals surface area (Å²) in [7, 11) is 1.29. The van der Waals surface area contributed by atoms with Gasteiger partial charge in [0, 0.05) is 13.1 Å². The number of nitrogens with zero attached hydrogens (tertiary/aromatic N) is 5. The summed E-state index contributed by atoms with van der Waals surface area (Å²) in [5.74, 6) is -0.182. The number of carbonyl (C=O) groups is 2. The van der Waals surface area contributed by atoms with Crippen molar-refractivity contribution in [3.8, 4) is 5.88 Å². The van der Waals surface area contributed by atoms with Crippen LogP contribution in [0.4, 0.5) is 22.1 Å². The highest BCUT2D eigenvalue weighted by atomic mass is 16.7. The van der Waals surface area contributed by atoms with E-state index in [1.54, 1.807) is 17.0 Å². The van der Waals surface area contributed by atoms with Crippen LogP contribution in [0.2, 0.25) is 0 Å². The molecule has 0 aromatic carbocycles. The fourth-order valence-electron chi connectivity index (χ4n) is 4.34. The summed E-state index contributed by atoms with van der Waals surface area (Å²) in [5, 5.41) is 2.77. The van der Waals surface area contributed by atoms with E-state index in [-0.39, 0.29) is 30.3 Å². The first-order valence-electron chi connectivity index (χ1n) is 11.0. The van der Waals surface area contributed by atoms with Gasteiger partial charge in [-0.3, -0.25) is 10.2 Å². The molecule has 180 valence electrons. The number of fused-ring (bicyclic) bond motifs is 4. The molecule has 5 heterocycles. The highest BCUT2D eigenvalue weighted by Gasteiger charge is 2.40. The minimum atomic E-state index is -0.621. The van der Waals surface area contributed by atoms with Crippen molar-refractivity contribution in [3.63, 3.8) is 0 Å². The molecular formula is C22H26N6O6. The monoisotopic (exact) mass is 470 g/mol. The number of hydrogen-bond acceptors (Lipinski definition) is 10. The molecule has 0 aliphatic carbocycles. The van der Waals surface area contributed by atoms with Crippen molar-refractivity contribution in [2.24, 2.45) is 0 Å². The summed E-state index contributed by atoms with van der Waals surface area (Å²) in [6.07, 6.45) is 3.46. The van der Waals surface area contributed by atoms with Crippen molar-refractivity contribution in [1.29, 1.82) is 0 Å². The van der Waals surface area contributed by atoms with Crippen LogP contribution < -0.4 is 19.9 Å². The molecule has 0 radical (unpaired) electrons. The van der Waals surface area contributed by atoms with Crippen LogP contribution >= 0.6 is 0 Å². The lowest BCUT2D eigenvalue weighted by Crippen LogP contribution is -2.48. The molecular weight excluding hydrogens is 444 g/mol. The Balaban J connectivity index is 1.27. The van der Waals surface area contributed by atoms with E-state index in [2.05, 4.69) is 25.2 Å². The number of nitrogens with one attached hydrogen (secondary N) is 1. The average Bonchev–Trinajstić information content (AvgIpc) is 3.41.